The summed E-state index contributed by atoms with van der Waals surface area (Å²) < 4.78 is 0. The summed E-state index contributed by atoms with van der Waals surface area (Å²) in [7, 11) is 0. The second kappa shape index (κ2) is 6.36. The van der Waals surface area contributed by atoms with Crippen LogP contribution in [-0.4, -0.2) is 15.7 Å². The van der Waals surface area contributed by atoms with Crippen LogP contribution in [0.25, 0.3) is 6.08 Å². The zero-order valence-electron chi connectivity index (χ0n) is 10.9. The second-order valence-electron chi connectivity index (χ2n) is 4.77. The molecule has 1 aromatic rings. The van der Waals surface area contributed by atoms with Crippen LogP contribution in [0.5, 0.6) is 0 Å². The summed E-state index contributed by atoms with van der Waals surface area (Å²) in [6, 6.07) is 5.73. The molecule has 0 bridgehead atoms. The Balaban J connectivity index is 2.54. The maximum Gasteiger partial charge on any atom is 0.0806 e. The predicted molar refractivity (Wildman–Crippen MR) is 72.6 cm³/mol. The van der Waals surface area contributed by atoms with Gasteiger partial charge in [-0.3, -0.25) is 4.98 Å². The van der Waals surface area contributed by atoms with Crippen LogP contribution in [0.1, 0.15) is 39.3 Å². The molecule has 0 aromatic carbocycles. The van der Waals surface area contributed by atoms with Crippen LogP contribution < -0.4 is 0 Å². The smallest absolute Gasteiger partial charge is 0.0806 e. The van der Waals surface area contributed by atoms with Crippen molar-refractivity contribution < 1.29 is 5.11 Å². The van der Waals surface area contributed by atoms with E-state index in [2.05, 4.69) is 24.9 Å². The van der Waals surface area contributed by atoms with E-state index < -0.39 is 5.60 Å². The molecule has 1 heterocycles. The highest BCUT2D eigenvalue weighted by Gasteiger charge is 2.14. The first kappa shape index (κ1) is 13.7. The van der Waals surface area contributed by atoms with Gasteiger partial charge in [0.1, 0.15) is 0 Å². The molecule has 2 nitrogen and oxygen atoms in total. The Kier molecular flexibility index (Phi) is 5.11. The van der Waals surface area contributed by atoms with Crippen LogP contribution in [0.4, 0.5) is 0 Å². The van der Waals surface area contributed by atoms with Crippen LogP contribution >= 0.6 is 0 Å². The van der Waals surface area contributed by atoms with Crippen molar-refractivity contribution in [1.29, 1.82) is 0 Å². The van der Waals surface area contributed by atoms with Gasteiger partial charge in [-0.25, -0.2) is 0 Å². The van der Waals surface area contributed by atoms with E-state index in [0.717, 1.165) is 18.5 Å². The molecule has 1 aromatic heterocycles. The van der Waals surface area contributed by atoms with Crippen molar-refractivity contribution in [3.05, 3.63) is 47.8 Å². The number of rotatable bonds is 5. The van der Waals surface area contributed by atoms with Crippen LogP contribution in [-0.2, 0) is 0 Å². The monoisotopic (exact) mass is 231 g/mol. The van der Waals surface area contributed by atoms with E-state index in [1.165, 1.54) is 5.57 Å². The Bertz CT molecular complexity index is 387. The van der Waals surface area contributed by atoms with E-state index in [1.54, 1.807) is 6.20 Å². The van der Waals surface area contributed by atoms with Gasteiger partial charge in [-0.15, -0.1) is 0 Å². The molecule has 0 aliphatic rings. The molecule has 92 valence electrons. The standard InChI is InChI=1S/C15H21NO/c1-13(2)7-6-10-15(3,17)11-9-14-8-4-5-12-16-14/h4-5,7-9,11-12,17H,6,10H2,1-3H3/b11-9+. The Labute approximate surface area is 104 Å². The molecule has 0 radical (unpaired) electrons. The van der Waals surface area contributed by atoms with Crippen LogP contribution in [0.15, 0.2) is 42.1 Å². The van der Waals surface area contributed by atoms with Crippen LogP contribution in [0.2, 0.25) is 0 Å². The molecule has 17 heavy (non-hydrogen) atoms. The number of allylic oxidation sites excluding steroid dienone is 2. The lowest BCUT2D eigenvalue weighted by molar-refractivity contribution is 0.104. The molecule has 0 aliphatic heterocycles. The maximum absolute atomic E-state index is 10.1. The van der Waals surface area contributed by atoms with Crippen LogP contribution in [0.3, 0.4) is 0 Å². The highest BCUT2D eigenvalue weighted by Crippen LogP contribution is 2.16. The number of aliphatic hydroxyl groups is 1. The minimum absolute atomic E-state index is 0.724. The summed E-state index contributed by atoms with van der Waals surface area (Å²) in [4.78, 5) is 4.18. The first-order valence-electron chi connectivity index (χ1n) is 5.96. The minimum atomic E-state index is -0.774. The summed E-state index contributed by atoms with van der Waals surface area (Å²) in [5, 5.41) is 10.1. The molecular formula is C15H21NO. The fourth-order valence-electron chi connectivity index (χ4n) is 1.48. The van der Waals surface area contributed by atoms with E-state index in [4.69, 9.17) is 0 Å². The molecule has 2 heteroatoms. The Morgan fingerprint density at radius 3 is 2.76 bits per heavy atom. The third-order valence-electron chi connectivity index (χ3n) is 2.50. The van der Waals surface area contributed by atoms with Gasteiger partial charge in [-0.2, -0.15) is 0 Å². The van der Waals surface area contributed by atoms with Gasteiger partial charge in [0.05, 0.1) is 11.3 Å². The van der Waals surface area contributed by atoms with Crippen molar-refractivity contribution in [2.75, 3.05) is 0 Å². The van der Waals surface area contributed by atoms with Crippen molar-refractivity contribution in [1.82, 2.24) is 4.98 Å². The Morgan fingerprint density at radius 2 is 2.18 bits per heavy atom. The van der Waals surface area contributed by atoms with Crippen molar-refractivity contribution in [2.45, 2.75) is 39.2 Å². The van der Waals surface area contributed by atoms with Gasteiger partial charge >= 0.3 is 0 Å². The normalized spacial score (nSPS) is 14.6. The number of hydrogen-bond donors (Lipinski definition) is 1. The maximum atomic E-state index is 10.1. The number of pyridine rings is 1. The fraction of sp³-hybridized carbons (Fsp3) is 0.400. The summed E-state index contributed by atoms with van der Waals surface area (Å²) in [6.07, 6.45) is 9.18. The number of hydrogen-bond acceptors (Lipinski definition) is 2. The molecule has 0 saturated carbocycles. The van der Waals surface area contributed by atoms with Crippen molar-refractivity contribution in [3.8, 4) is 0 Å². The molecule has 1 atom stereocenters. The first-order chi connectivity index (χ1) is 7.99. The molecule has 0 fully saturated rings. The van der Waals surface area contributed by atoms with E-state index in [-0.39, 0.29) is 0 Å². The van der Waals surface area contributed by atoms with Crippen molar-refractivity contribution in [2.24, 2.45) is 0 Å². The average Bonchev–Trinajstić information content (AvgIpc) is 2.27. The quantitative estimate of drug-likeness (QED) is 0.785. The lowest BCUT2D eigenvalue weighted by atomic mass is 9.98. The molecule has 0 amide bonds. The highest BCUT2D eigenvalue weighted by molar-refractivity contribution is 5.45. The first-order valence-corrected chi connectivity index (χ1v) is 5.96. The fourth-order valence-corrected chi connectivity index (χ4v) is 1.48. The van der Waals surface area contributed by atoms with Crippen molar-refractivity contribution in [3.63, 3.8) is 0 Å². The van der Waals surface area contributed by atoms with Crippen molar-refractivity contribution >= 4 is 6.08 Å². The summed E-state index contributed by atoms with van der Waals surface area (Å²) in [6.45, 7) is 5.96. The molecule has 0 saturated heterocycles. The van der Waals surface area contributed by atoms with Gasteiger partial charge in [0.25, 0.3) is 0 Å². The second-order valence-corrected chi connectivity index (χ2v) is 4.77. The van der Waals surface area contributed by atoms with E-state index in [0.29, 0.717) is 0 Å². The van der Waals surface area contributed by atoms with Gasteiger partial charge < -0.3 is 5.11 Å². The topological polar surface area (TPSA) is 33.1 Å². The lowest BCUT2D eigenvalue weighted by Gasteiger charge is -2.17. The number of nitrogens with zero attached hydrogens (tertiary/aromatic N) is 1. The average molecular weight is 231 g/mol. The summed E-state index contributed by atoms with van der Waals surface area (Å²) >= 11 is 0. The number of aromatic nitrogens is 1. The zero-order chi connectivity index (χ0) is 12.7. The highest BCUT2D eigenvalue weighted by atomic mass is 16.3. The third kappa shape index (κ3) is 6.03. The lowest BCUT2D eigenvalue weighted by Crippen LogP contribution is -2.19. The molecule has 1 unspecified atom stereocenters. The molecular weight excluding hydrogens is 210 g/mol. The molecule has 1 rings (SSSR count). The van der Waals surface area contributed by atoms with E-state index in [1.807, 2.05) is 37.3 Å². The van der Waals surface area contributed by atoms with E-state index in [9.17, 15) is 5.11 Å². The van der Waals surface area contributed by atoms with E-state index >= 15 is 0 Å². The summed E-state index contributed by atoms with van der Waals surface area (Å²) in [5.41, 5.74) is 1.38. The third-order valence-corrected chi connectivity index (χ3v) is 2.50. The molecule has 1 N–H and O–H groups in total. The SMILES string of the molecule is CC(C)=CCCC(C)(O)/C=C/c1ccccn1. The van der Waals surface area contributed by atoms with Gasteiger partial charge in [0.2, 0.25) is 0 Å². The van der Waals surface area contributed by atoms with Gasteiger partial charge in [0.15, 0.2) is 0 Å². The van der Waals surface area contributed by atoms with Gasteiger partial charge in [0, 0.05) is 6.20 Å². The Hall–Kier alpha value is -1.41. The van der Waals surface area contributed by atoms with Crippen LogP contribution in [0, 0.1) is 0 Å². The summed E-state index contributed by atoms with van der Waals surface area (Å²) in [5.74, 6) is 0. The Morgan fingerprint density at radius 1 is 1.41 bits per heavy atom. The zero-order valence-corrected chi connectivity index (χ0v) is 10.9. The molecule has 0 aliphatic carbocycles. The van der Waals surface area contributed by atoms with Gasteiger partial charge in [-0.1, -0.05) is 23.8 Å². The molecule has 0 spiro atoms. The van der Waals surface area contributed by atoms with Gasteiger partial charge in [-0.05, 0) is 51.8 Å². The predicted octanol–water partition coefficient (Wildman–Crippen LogP) is 3.59. The largest absolute Gasteiger partial charge is 0.386 e. The minimum Gasteiger partial charge on any atom is -0.386 e.